The van der Waals surface area contributed by atoms with Crippen molar-refractivity contribution in [3.63, 3.8) is 0 Å². The molecule has 0 spiro atoms. The molecule has 2 nitrogen and oxygen atoms in total. The molecule has 76 valence electrons. The SMILES string of the molecule is CN1CCC2NCc3ccsc3C2C1. The van der Waals surface area contributed by atoms with E-state index in [9.17, 15) is 0 Å². The summed E-state index contributed by atoms with van der Waals surface area (Å²) in [5, 5.41) is 5.90. The molecular weight excluding hydrogens is 192 g/mol. The molecule has 0 bridgehead atoms. The smallest absolute Gasteiger partial charge is 0.0219 e. The zero-order chi connectivity index (χ0) is 9.54. The molecule has 2 aliphatic rings. The van der Waals surface area contributed by atoms with Crippen LogP contribution in [0, 0.1) is 0 Å². The molecule has 3 rings (SSSR count). The van der Waals surface area contributed by atoms with E-state index in [4.69, 9.17) is 0 Å². The highest BCUT2D eigenvalue weighted by Gasteiger charge is 2.33. The number of nitrogens with one attached hydrogen (secondary N) is 1. The molecular formula is C11H16N2S. The maximum atomic E-state index is 3.66. The zero-order valence-corrected chi connectivity index (χ0v) is 9.31. The Morgan fingerprint density at radius 3 is 3.43 bits per heavy atom. The molecule has 0 saturated carbocycles. The normalized spacial score (nSPS) is 32.4. The summed E-state index contributed by atoms with van der Waals surface area (Å²) < 4.78 is 0. The van der Waals surface area contributed by atoms with Gasteiger partial charge in [-0.25, -0.2) is 0 Å². The van der Waals surface area contributed by atoms with Gasteiger partial charge in [-0.2, -0.15) is 0 Å². The fourth-order valence-corrected chi connectivity index (χ4v) is 3.77. The van der Waals surface area contributed by atoms with Crippen molar-refractivity contribution in [3.05, 3.63) is 21.9 Å². The number of fused-ring (bicyclic) bond motifs is 3. The minimum atomic E-state index is 0.734. The largest absolute Gasteiger partial charge is 0.309 e. The molecule has 3 heteroatoms. The molecule has 1 aromatic heterocycles. The maximum Gasteiger partial charge on any atom is 0.0219 e. The lowest BCUT2D eigenvalue weighted by Gasteiger charge is -2.40. The summed E-state index contributed by atoms with van der Waals surface area (Å²) in [6.45, 7) is 3.56. The van der Waals surface area contributed by atoms with Crippen LogP contribution in [0.4, 0.5) is 0 Å². The molecule has 14 heavy (non-hydrogen) atoms. The fraction of sp³-hybridized carbons (Fsp3) is 0.636. The molecule has 1 fully saturated rings. The highest BCUT2D eigenvalue weighted by atomic mass is 32.1. The van der Waals surface area contributed by atoms with Gasteiger partial charge in [0.25, 0.3) is 0 Å². The van der Waals surface area contributed by atoms with Crippen LogP contribution < -0.4 is 5.32 Å². The van der Waals surface area contributed by atoms with Crippen LogP contribution >= 0.6 is 11.3 Å². The Labute approximate surface area is 88.9 Å². The number of piperidine rings is 1. The monoisotopic (exact) mass is 208 g/mol. The third-order valence-corrected chi connectivity index (χ3v) is 4.58. The first-order chi connectivity index (χ1) is 6.84. The summed E-state index contributed by atoms with van der Waals surface area (Å²) in [5.41, 5.74) is 1.53. The third-order valence-electron chi connectivity index (χ3n) is 3.49. The second-order valence-electron chi connectivity index (χ2n) is 4.45. The van der Waals surface area contributed by atoms with Crippen LogP contribution in [-0.4, -0.2) is 31.1 Å². The number of likely N-dealkylation sites (N-methyl/N-ethyl adjacent to an activating group) is 1. The van der Waals surface area contributed by atoms with Crippen LogP contribution in [-0.2, 0) is 6.54 Å². The Balaban J connectivity index is 1.94. The van der Waals surface area contributed by atoms with E-state index in [1.165, 1.54) is 25.1 Å². The standard InChI is InChI=1S/C11H16N2S/c1-13-4-2-10-9(7-13)11-8(6-12-10)3-5-14-11/h3,5,9-10,12H,2,4,6-7H2,1H3. The van der Waals surface area contributed by atoms with E-state index in [1.807, 2.05) is 11.3 Å². The number of nitrogens with zero attached hydrogens (tertiary/aromatic N) is 1. The summed E-state index contributed by atoms with van der Waals surface area (Å²) in [4.78, 5) is 4.10. The van der Waals surface area contributed by atoms with Crippen LogP contribution in [0.5, 0.6) is 0 Å². The molecule has 0 amide bonds. The van der Waals surface area contributed by atoms with Crippen molar-refractivity contribution in [2.75, 3.05) is 20.1 Å². The zero-order valence-electron chi connectivity index (χ0n) is 8.49. The van der Waals surface area contributed by atoms with Gasteiger partial charge < -0.3 is 10.2 Å². The maximum absolute atomic E-state index is 3.66. The molecule has 2 unspecified atom stereocenters. The summed E-state index contributed by atoms with van der Waals surface area (Å²) in [6, 6.07) is 3.01. The van der Waals surface area contributed by atoms with Gasteiger partial charge in [0.2, 0.25) is 0 Å². The number of hydrogen-bond acceptors (Lipinski definition) is 3. The van der Waals surface area contributed by atoms with Crippen molar-refractivity contribution in [2.45, 2.75) is 24.9 Å². The summed E-state index contributed by atoms with van der Waals surface area (Å²) in [7, 11) is 2.23. The van der Waals surface area contributed by atoms with E-state index in [-0.39, 0.29) is 0 Å². The van der Waals surface area contributed by atoms with Gasteiger partial charge in [-0.1, -0.05) is 0 Å². The number of thiophene rings is 1. The van der Waals surface area contributed by atoms with Gasteiger partial charge in [0, 0.05) is 29.9 Å². The van der Waals surface area contributed by atoms with E-state index < -0.39 is 0 Å². The number of likely N-dealkylation sites (tertiary alicyclic amines) is 1. The highest BCUT2D eigenvalue weighted by Crippen LogP contribution is 2.36. The minimum absolute atomic E-state index is 0.734. The van der Waals surface area contributed by atoms with Crippen molar-refractivity contribution in [1.82, 2.24) is 10.2 Å². The van der Waals surface area contributed by atoms with Crippen LogP contribution in [0.3, 0.4) is 0 Å². The van der Waals surface area contributed by atoms with E-state index in [1.54, 1.807) is 4.88 Å². The Morgan fingerprint density at radius 1 is 1.57 bits per heavy atom. The molecule has 3 heterocycles. The summed E-state index contributed by atoms with van der Waals surface area (Å²) in [5.74, 6) is 0.748. The predicted octanol–water partition coefficient (Wildman–Crippen LogP) is 1.64. The van der Waals surface area contributed by atoms with E-state index in [2.05, 4.69) is 28.7 Å². The average Bonchev–Trinajstić information content (AvgIpc) is 2.65. The highest BCUT2D eigenvalue weighted by molar-refractivity contribution is 7.10. The lowest BCUT2D eigenvalue weighted by Crippen LogP contribution is -2.48. The van der Waals surface area contributed by atoms with E-state index in [0.717, 1.165) is 18.5 Å². The van der Waals surface area contributed by atoms with Crippen molar-refractivity contribution in [3.8, 4) is 0 Å². The Morgan fingerprint density at radius 2 is 2.50 bits per heavy atom. The van der Waals surface area contributed by atoms with Gasteiger partial charge in [-0.3, -0.25) is 0 Å². The minimum Gasteiger partial charge on any atom is -0.309 e. The van der Waals surface area contributed by atoms with Gasteiger partial charge in [-0.15, -0.1) is 11.3 Å². The van der Waals surface area contributed by atoms with Crippen LogP contribution in [0.2, 0.25) is 0 Å². The molecule has 1 N–H and O–H groups in total. The van der Waals surface area contributed by atoms with Crippen LogP contribution in [0.1, 0.15) is 22.8 Å². The van der Waals surface area contributed by atoms with E-state index in [0.29, 0.717) is 0 Å². The number of rotatable bonds is 0. The molecule has 0 aliphatic carbocycles. The van der Waals surface area contributed by atoms with Gasteiger partial charge >= 0.3 is 0 Å². The lowest BCUT2D eigenvalue weighted by molar-refractivity contribution is 0.199. The summed E-state index contributed by atoms with van der Waals surface area (Å²) in [6.07, 6.45) is 1.30. The van der Waals surface area contributed by atoms with Crippen LogP contribution in [0.15, 0.2) is 11.4 Å². The van der Waals surface area contributed by atoms with Gasteiger partial charge in [0.15, 0.2) is 0 Å². The topological polar surface area (TPSA) is 15.3 Å². The van der Waals surface area contributed by atoms with Crippen molar-refractivity contribution in [1.29, 1.82) is 0 Å². The first-order valence-electron chi connectivity index (χ1n) is 5.33. The second-order valence-corrected chi connectivity index (χ2v) is 5.40. The molecule has 1 aromatic rings. The van der Waals surface area contributed by atoms with Crippen molar-refractivity contribution >= 4 is 11.3 Å². The van der Waals surface area contributed by atoms with Gasteiger partial charge in [0.1, 0.15) is 0 Å². The molecule has 2 atom stereocenters. The Kier molecular flexibility index (Phi) is 2.11. The lowest BCUT2D eigenvalue weighted by atomic mass is 9.86. The van der Waals surface area contributed by atoms with E-state index >= 15 is 0 Å². The summed E-state index contributed by atoms with van der Waals surface area (Å²) >= 11 is 1.95. The fourth-order valence-electron chi connectivity index (χ4n) is 2.68. The average molecular weight is 208 g/mol. The van der Waals surface area contributed by atoms with Crippen LogP contribution in [0.25, 0.3) is 0 Å². The first kappa shape index (κ1) is 8.89. The quantitative estimate of drug-likeness (QED) is 0.697. The molecule has 1 saturated heterocycles. The third kappa shape index (κ3) is 1.31. The van der Waals surface area contributed by atoms with Gasteiger partial charge in [0.05, 0.1) is 0 Å². The predicted molar refractivity (Wildman–Crippen MR) is 59.8 cm³/mol. The Bertz CT molecular complexity index is 334. The molecule has 2 aliphatic heterocycles. The van der Waals surface area contributed by atoms with Crippen molar-refractivity contribution in [2.24, 2.45) is 0 Å². The van der Waals surface area contributed by atoms with Gasteiger partial charge in [-0.05, 0) is 37.0 Å². The first-order valence-corrected chi connectivity index (χ1v) is 6.21. The Hall–Kier alpha value is -0.380. The molecule has 0 aromatic carbocycles. The number of hydrogen-bond donors (Lipinski definition) is 1. The molecule has 0 radical (unpaired) electrons. The van der Waals surface area contributed by atoms with Crippen molar-refractivity contribution < 1.29 is 0 Å². The second kappa shape index (κ2) is 3.33.